The van der Waals surface area contributed by atoms with Crippen LogP contribution in [-0.4, -0.2) is 85.2 Å². The predicted molar refractivity (Wildman–Crippen MR) is 96.3 cm³/mol. The van der Waals surface area contributed by atoms with Crippen LogP contribution < -0.4 is 10.1 Å². The number of carboxylic acid groups (broad SMARTS) is 1. The first kappa shape index (κ1) is 23.4. The maximum Gasteiger partial charge on any atom is 0.377 e. The number of non-ortho nitro benzene ring substituents is 1. The van der Waals surface area contributed by atoms with Crippen molar-refractivity contribution in [3.8, 4) is 5.75 Å². The molecule has 1 aromatic rings. The van der Waals surface area contributed by atoms with Crippen LogP contribution in [0.15, 0.2) is 24.3 Å². The number of nitro groups is 1. The molecule has 166 valence electrons. The van der Waals surface area contributed by atoms with Gasteiger partial charge >= 0.3 is 11.8 Å². The van der Waals surface area contributed by atoms with Gasteiger partial charge in [-0.3, -0.25) is 14.9 Å². The second-order valence-electron chi connectivity index (χ2n) is 6.73. The van der Waals surface area contributed by atoms with Crippen LogP contribution in [0.4, 0.5) is 5.69 Å². The molecule has 0 spiro atoms. The first-order valence-electron chi connectivity index (χ1n) is 8.77. The van der Waals surface area contributed by atoms with E-state index in [0.29, 0.717) is 0 Å². The van der Waals surface area contributed by atoms with Gasteiger partial charge in [-0.1, -0.05) is 0 Å². The third-order valence-electron chi connectivity index (χ3n) is 4.52. The highest BCUT2D eigenvalue weighted by Crippen LogP contribution is 2.35. The Morgan fingerprint density at radius 2 is 1.97 bits per heavy atom. The Bertz CT molecular complexity index is 786. The molecule has 0 bridgehead atoms. The molecule has 6 atom stereocenters. The van der Waals surface area contributed by atoms with Crippen LogP contribution in [0.2, 0.25) is 0 Å². The molecule has 30 heavy (non-hydrogen) atoms. The zero-order chi connectivity index (χ0) is 22.6. The number of carboxylic acids is 1. The highest BCUT2D eigenvalue weighted by Gasteiger charge is 2.56. The molecule has 1 aliphatic heterocycles. The summed E-state index contributed by atoms with van der Waals surface area (Å²) in [6, 6.07) is 3.03. The highest BCUT2D eigenvalue weighted by molar-refractivity contribution is 5.77. The lowest BCUT2D eigenvalue weighted by atomic mass is 9.88. The molecule has 13 nitrogen and oxygen atoms in total. The topological polar surface area (TPSA) is 209 Å². The van der Waals surface area contributed by atoms with Gasteiger partial charge < -0.3 is 40.3 Å². The Hall–Kier alpha value is -2.84. The summed E-state index contributed by atoms with van der Waals surface area (Å²) in [5.41, 5.74) is -0.276. The number of hydrogen-bond acceptors (Lipinski definition) is 10. The summed E-state index contributed by atoms with van der Waals surface area (Å²) in [4.78, 5) is 33.5. The molecular weight excluding hydrogens is 408 g/mol. The lowest BCUT2D eigenvalue weighted by molar-refractivity contribution is -0.384. The van der Waals surface area contributed by atoms with Crippen molar-refractivity contribution in [2.24, 2.45) is 0 Å². The number of aliphatic hydroxyl groups is 4. The largest absolute Gasteiger partial charge is 0.476 e. The van der Waals surface area contributed by atoms with Gasteiger partial charge in [-0.25, -0.2) is 4.79 Å². The number of benzene rings is 1. The summed E-state index contributed by atoms with van der Waals surface area (Å²) in [6.07, 6.45) is -7.65. The van der Waals surface area contributed by atoms with E-state index < -0.39 is 66.1 Å². The zero-order valence-corrected chi connectivity index (χ0v) is 15.7. The number of hydrogen-bond donors (Lipinski definition) is 6. The average molecular weight is 430 g/mol. The van der Waals surface area contributed by atoms with Gasteiger partial charge in [0, 0.05) is 19.1 Å². The Kier molecular flexibility index (Phi) is 7.28. The molecule has 1 saturated heterocycles. The molecule has 13 heteroatoms. The molecule has 6 N–H and O–H groups in total. The number of amides is 1. The van der Waals surface area contributed by atoms with E-state index in [1.165, 1.54) is 0 Å². The zero-order valence-electron chi connectivity index (χ0n) is 15.7. The van der Waals surface area contributed by atoms with E-state index in [0.717, 1.165) is 31.2 Å². The maximum atomic E-state index is 12.0. The summed E-state index contributed by atoms with van der Waals surface area (Å²) in [6.45, 7) is 0.207. The van der Waals surface area contributed by atoms with E-state index in [4.69, 9.17) is 14.6 Å². The van der Waals surface area contributed by atoms with Gasteiger partial charge in [0.05, 0.1) is 30.1 Å². The van der Waals surface area contributed by atoms with Crippen molar-refractivity contribution in [3.63, 3.8) is 0 Å². The molecule has 0 unspecified atom stereocenters. The minimum absolute atomic E-state index is 0.149. The minimum atomic E-state index is -2.56. The number of aliphatic hydroxyl groups excluding tert-OH is 4. The monoisotopic (exact) mass is 430 g/mol. The fourth-order valence-corrected chi connectivity index (χ4v) is 3.06. The van der Waals surface area contributed by atoms with Crippen molar-refractivity contribution in [1.29, 1.82) is 0 Å². The predicted octanol–water partition coefficient (Wildman–Crippen LogP) is -1.88. The Balaban J connectivity index is 2.40. The third kappa shape index (κ3) is 5.01. The van der Waals surface area contributed by atoms with E-state index >= 15 is 0 Å². The fourth-order valence-electron chi connectivity index (χ4n) is 3.06. The summed E-state index contributed by atoms with van der Waals surface area (Å²) in [5.74, 6) is -5.04. The number of rotatable bonds is 8. The van der Waals surface area contributed by atoms with E-state index in [1.807, 2.05) is 0 Å². The SMILES string of the molecule is CC(=O)N[C@H]1[C@H]([C@@H](O)[C@H](O)CO)O[C@@](Oc2ccc([N+](=O)[O-])cc2)(C(=O)O)C[C@H]1O. The van der Waals surface area contributed by atoms with Crippen LogP contribution in [0.5, 0.6) is 5.75 Å². The van der Waals surface area contributed by atoms with Crippen LogP contribution in [0.25, 0.3) is 0 Å². The van der Waals surface area contributed by atoms with Crippen molar-refractivity contribution < 1.29 is 49.5 Å². The third-order valence-corrected chi connectivity index (χ3v) is 4.52. The molecule has 0 saturated carbocycles. The molecule has 2 rings (SSSR count). The van der Waals surface area contributed by atoms with Crippen LogP contribution in [0.1, 0.15) is 13.3 Å². The number of aliphatic carboxylic acids is 1. The molecular formula is C17H22N2O11. The van der Waals surface area contributed by atoms with Crippen molar-refractivity contribution >= 4 is 17.6 Å². The van der Waals surface area contributed by atoms with Crippen molar-refractivity contribution in [2.45, 2.75) is 49.6 Å². The van der Waals surface area contributed by atoms with Gasteiger partial charge in [-0.05, 0) is 12.1 Å². The standard InChI is InChI=1S/C17H22N2O11/c1-8(21)18-13-11(22)6-17(16(25)26,30-15(13)14(24)12(23)7-20)29-10-4-2-9(3-5-10)19(27)28/h2-5,11-15,20,22-24H,6-7H2,1H3,(H,18,21)(H,25,26)/t11-,12-,13-,14+,15-,17-/m1/s1. The Morgan fingerprint density at radius 3 is 2.43 bits per heavy atom. The van der Waals surface area contributed by atoms with Crippen molar-refractivity contribution in [3.05, 3.63) is 34.4 Å². The van der Waals surface area contributed by atoms with Gasteiger partial charge in [0.25, 0.3) is 5.69 Å². The average Bonchev–Trinajstić information content (AvgIpc) is 2.68. The molecule has 1 heterocycles. The second kappa shape index (κ2) is 9.32. The summed E-state index contributed by atoms with van der Waals surface area (Å²) >= 11 is 0. The van der Waals surface area contributed by atoms with Crippen LogP contribution in [-0.2, 0) is 14.3 Å². The Morgan fingerprint density at radius 1 is 1.37 bits per heavy atom. The Labute approximate surface area is 169 Å². The highest BCUT2D eigenvalue weighted by atomic mass is 16.7. The molecule has 1 aliphatic rings. The first-order chi connectivity index (χ1) is 14.0. The molecule has 0 aromatic heterocycles. The lowest BCUT2D eigenvalue weighted by Gasteiger charge is -2.46. The molecule has 1 amide bonds. The molecule has 0 aliphatic carbocycles. The summed E-state index contributed by atoms with van der Waals surface area (Å²) in [7, 11) is 0. The maximum absolute atomic E-state index is 12.0. The smallest absolute Gasteiger partial charge is 0.377 e. The van der Waals surface area contributed by atoms with E-state index in [1.54, 1.807) is 0 Å². The van der Waals surface area contributed by atoms with Crippen molar-refractivity contribution in [1.82, 2.24) is 5.32 Å². The summed E-state index contributed by atoms with van der Waals surface area (Å²) < 4.78 is 10.8. The number of nitrogens with zero attached hydrogens (tertiary/aromatic N) is 1. The minimum Gasteiger partial charge on any atom is -0.476 e. The van der Waals surface area contributed by atoms with E-state index in [2.05, 4.69) is 5.32 Å². The normalized spacial score (nSPS) is 28.2. The van der Waals surface area contributed by atoms with Gasteiger partial charge in [0.2, 0.25) is 5.91 Å². The lowest BCUT2D eigenvalue weighted by Crippen LogP contribution is -2.68. The fraction of sp³-hybridized carbons (Fsp3) is 0.529. The number of nitro benzene ring substituents is 1. The van der Waals surface area contributed by atoms with Crippen molar-refractivity contribution in [2.75, 3.05) is 6.61 Å². The first-order valence-corrected chi connectivity index (χ1v) is 8.77. The van der Waals surface area contributed by atoms with E-state index in [9.17, 15) is 40.1 Å². The number of nitrogens with one attached hydrogen (secondary N) is 1. The molecule has 1 aromatic carbocycles. The van der Waals surface area contributed by atoms with Crippen LogP contribution >= 0.6 is 0 Å². The number of ether oxygens (including phenoxy) is 2. The number of carbonyl (C=O) groups is 2. The van der Waals surface area contributed by atoms with Crippen LogP contribution in [0, 0.1) is 10.1 Å². The second-order valence-corrected chi connectivity index (χ2v) is 6.73. The van der Waals surface area contributed by atoms with Gasteiger partial charge in [0.15, 0.2) is 0 Å². The summed E-state index contributed by atoms with van der Waals surface area (Å²) in [5, 5.41) is 62.5. The van der Waals surface area contributed by atoms with Gasteiger partial charge in [-0.2, -0.15) is 0 Å². The quantitative estimate of drug-likeness (QED) is 0.199. The van der Waals surface area contributed by atoms with Gasteiger partial charge in [-0.15, -0.1) is 0 Å². The van der Waals surface area contributed by atoms with Crippen LogP contribution in [0.3, 0.4) is 0 Å². The van der Waals surface area contributed by atoms with Gasteiger partial charge in [0.1, 0.15) is 24.1 Å². The molecule has 1 fully saturated rings. The number of carbonyl (C=O) groups excluding carboxylic acids is 1. The van der Waals surface area contributed by atoms with E-state index in [-0.39, 0.29) is 11.4 Å². The molecule has 0 radical (unpaired) electrons.